The van der Waals surface area contributed by atoms with Gasteiger partial charge in [-0.15, -0.1) is 0 Å². The normalized spacial score (nSPS) is 18.6. The second kappa shape index (κ2) is 9.02. The number of nitrogens with zero attached hydrogens (tertiary/aromatic N) is 1. The largest absolute Gasteiger partial charge is 0.480 e. The number of carboxylic acids is 1. The maximum atomic E-state index is 12.6. The monoisotopic (exact) mass is 436 g/mol. The van der Waals surface area contributed by atoms with Crippen LogP contribution in [0.4, 0.5) is 4.79 Å². The van der Waals surface area contributed by atoms with Crippen molar-refractivity contribution in [2.24, 2.45) is 11.8 Å². The molecule has 2 aliphatic carbocycles. The van der Waals surface area contributed by atoms with Gasteiger partial charge in [-0.05, 0) is 48.4 Å². The van der Waals surface area contributed by atoms with Gasteiger partial charge in [0.15, 0.2) is 0 Å². The number of aliphatic carboxylic acids is 1. The lowest BCUT2D eigenvalue weighted by Gasteiger charge is -2.25. The highest BCUT2D eigenvalue weighted by molar-refractivity contribution is 5.85. The van der Waals surface area contributed by atoms with Crippen LogP contribution < -0.4 is 5.32 Å². The molecule has 32 heavy (non-hydrogen) atoms. The number of hydrogen-bond donors (Lipinski definition) is 2. The van der Waals surface area contributed by atoms with Crippen LogP contribution in [0.3, 0.4) is 0 Å². The quantitative estimate of drug-likeness (QED) is 0.661. The Labute approximate surface area is 187 Å². The second-order valence-corrected chi connectivity index (χ2v) is 8.76. The molecular formula is C25H28N2O5. The fourth-order valence-electron chi connectivity index (χ4n) is 4.51. The molecule has 2 aliphatic rings. The lowest BCUT2D eigenvalue weighted by molar-refractivity contribution is -0.146. The van der Waals surface area contributed by atoms with Crippen molar-refractivity contribution < 1.29 is 24.2 Å². The molecule has 7 heteroatoms. The SMILES string of the molecule is CC(C)N(CC(=O)O)C(=O)C1CC1CNC(=O)OCC1c2ccccc2-c2ccccc21. The van der Waals surface area contributed by atoms with Crippen LogP contribution in [0, 0.1) is 11.8 Å². The van der Waals surface area contributed by atoms with Crippen molar-refractivity contribution in [3.8, 4) is 11.1 Å². The summed E-state index contributed by atoms with van der Waals surface area (Å²) in [5.74, 6) is -1.43. The van der Waals surface area contributed by atoms with Crippen molar-refractivity contribution in [3.63, 3.8) is 0 Å². The molecule has 1 saturated carbocycles. The van der Waals surface area contributed by atoms with Crippen LogP contribution in [0.25, 0.3) is 11.1 Å². The van der Waals surface area contributed by atoms with Crippen LogP contribution in [-0.4, -0.2) is 53.7 Å². The highest BCUT2D eigenvalue weighted by Crippen LogP contribution is 2.44. The van der Waals surface area contributed by atoms with E-state index in [1.165, 1.54) is 16.0 Å². The molecule has 1 fully saturated rings. The number of rotatable bonds is 8. The van der Waals surface area contributed by atoms with Gasteiger partial charge in [-0.1, -0.05) is 48.5 Å². The van der Waals surface area contributed by atoms with Crippen molar-refractivity contribution in [1.82, 2.24) is 10.2 Å². The molecule has 0 heterocycles. The summed E-state index contributed by atoms with van der Waals surface area (Å²) in [4.78, 5) is 37.3. The second-order valence-electron chi connectivity index (χ2n) is 8.76. The Bertz CT molecular complexity index is 989. The number of hydrogen-bond acceptors (Lipinski definition) is 4. The van der Waals surface area contributed by atoms with E-state index in [-0.39, 0.29) is 42.9 Å². The smallest absolute Gasteiger partial charge is 0.407 e. The van der Waals surface area contributed by atoms with Gasteiger partial charge in [-0.3, -0.25) is 9.59 Å². The molecule has 2 aromatic carbocycles. The number of carboxylic acid groups (broad SMARTS) is 1. The van der Waals surface area contributed by atoms with E-state index >= 15 is 0 Å². The summed E-state index contributed by atoms with van der Waals surface area (Å²) in [5, 5.41) is 11.8. The van der Waals surface area contributed by atoms with Gasteiger partial charge in [-0.2, -0.15) is 0 Å². The van der Waals surface area contributed by atoms with E-state index < -0.39 is 12.1 Å². The topological polar surface area (TPSA) is 95.9 Å². The molecular weight excluding hydrogens is 408 g/mol. The zero-order valence-corrected chi connectivity index (χ0v) is 18.3. The van der Waals surface area contributed by atoms with Crippen LogP contribution in [0.15, 0.2) is 48.5 Å². The maximum absolute atomic E-state index is 12.6. The Balaban J connectivity index is 1.28. The van der Waals surface area contributed by atoms with E-state index in [0.717, 1.165) is 11.1 Å². The van der Waals surface area contributed by atoms with E-state index in [9.17, 15) is 14.4 Å². The Hall–Kier alpha value is -3.35. The molecule has 2 aromatic rings. The zero-order valence-electron chi connectivity index (χ0n) is 18.3. The van der Waals surface area contributed by atoms with Crippen molar-refractivity contribution in [2.75, 3.05) is 19.7 Å². The number of fused-ring (bicyclic) bond motifs is 3. The minimum absolute atomic E-state index is 0.000907. The van der Waals surface area contributed by atoms with Gasteiger partial charge in [0.2, 0.25) is 5.91 Å². The molecule has 2 N–H and O–H groups in total. The molecule has 0 bridgehead atoms. The molecule has 2 atom stereocenters. The summed E-state index contributed by atoms with van der Waals surface area (Å²) < 4.78 is 5.53. The third-order valence-electron chi connectivity index (χ3n) is 6.30. The summed E-state index contributed by atoms with van der Waals surface area (Å²) in [6.07, 6.45) is 0.141. The van der Waals surface area contributed by atoms with Crippen molar-refractivity contribution in [3.05, 3.63) is 59.7 Å². The fourth-order valence-corrected chi connectivity index (χ4v) is 4.51. The van der Waals surface area contributed by atoms with E-state index in [4.69, 9.17) is 9.84 Å². The van der Waals surface area contributed by atoms with E-state index in [1.807, 2.05) is 24.3 Å². The molecule has 7 nitrogen and oxygen atoms in total. The van der Waals surface area contributed by atoms with Gasteiger partial charge in [-0.25, -0.2) is 4.79 Å². The summed E-state index contributed by atoms with van der Waals surface area (Å²) in [6.45, 7) is 3.87. The molecule has 0 aromatic heterocycles. The van der Waals surface area contributed by atoms with E-state index in [0.29, 0.717) is 13.0 Å². The first-order valence-electron chi connectivity index (χ1n) is 11.0. The van der Waals surface area contributed by atoms with Gasteiger partial charge >= 0.3 is 12.1 Å². The Morgan fingerprint density at radius 2 is 1.66 bits per heavy atom. The highest BCUT2D eigenvalue weighted by Gasteiger charge is 2.45. The molecule has 168 valence electrons. The Kier molecular flexibility index (Phi) is 6.17. The van der Waals surface area contributed by atoms with Crippen LogP contribution in [0.1, 0.15) is 37.3 Å². The van der Waals surface area contributed by atoms with E-state index in [1.54, 1.807) is 13.8 Å². The number of carbonyl (C=O) groups is 3. The summed E-state index contributed by atoms with van der Waals surface area (Å²) in [6, 6.07) is 16.1. The Morgan fingerprint density at radius 3 is 2.22 bits per heavy atom. The standard InChI is InChI=1S/C25H28N2O5/c1-15(2)27(13-23(28)29)24(30)21-11-16(21)12-26-25(31)32-14-22-19-9-5-3-7-17(19)18-8-4-6-10-20(18)22/h3-10,15-16,21-22H,11-14H2,1-2H3,(H,26,31)(H,28,29). The number of alkyl carbamates (subject to hydrolysis) is 1. The predicted octanol–water partition coefficient (Wildman–Crippen LogP) is 3.48. The van der Waals surface area contributed by atoms with Crippen LogP contribution >= 0.6 is 0 Å². The predicted molar refractivity (Wildman–Crippen MR) is 119 cm³/mol. The lowest BCUT2D eigenvalue weighted by atomic mass is 9.98. The molecule has 4 rings (SSSR count). The average molecular weight is 437 g/mol. The lowest BCUT2D eigenvalue weighted by Crippen LogP contribution is -2.42. The Morgan fingerprint density at radius 1 is 1.06 bits per heavy atom. The van der Waals surface area contributed by atoms with Gasteiger partial charge < -0.3 is 20.1 Å². The molecule has 0 aliphatic heterocycles. The number of amides is 2. The average Bonchev–Trinajstić information content (AvgIpc) is 3.49. The van der Waals surface area contributed by atoms with Crippen LogP contribution in [-0.2, 0) is 14.3 Å². The molecule has 2 unspecified atom stereocenters. The first-order chi connectivity index (χ1) is 15.4. The highest BCUT2D eigenvalue weighted by atomic mass is 16.5. The van der Waals surface area contributed by atoms with Crippen LogP contribution in [0.2, 0.25) is 0 Å². The number of ether oxygens (including phenoxy) is 1. The first-order valence-corrected chi connectivity index (χ1v) is 11.0. The van der Waals surface area contributed by atoms with Crippen LogP contribution in [0.5, 0.6) is 0 Å². The first kappa shape index (κ1) is 21.9. The van der Waals surface area contributed by atoms with E-state index in [2.05, 4.69) is 29.6 Å². The number of nitrogens with one attached hydrogen (secondary N) is 1. The molecule has 0 radical (unpaired) electrons. The fraction of sp³-hybridized carbons (Fsp3) is 0.400. The number of carbonyl (C=O) groups excluding carboxylic acids is 2. The molecule has 2 amide bonds. The van der Waals surface area contributed by atoms with Gasteiger partial charge in [0.05, 0.1) is 0 Å². The minimum Gasteiger partial charge on any atom is -0.480 e. The molecule has 0 saturated heterocycles. The molecule has 0 spiro atoms. The van der Waals surface area contributed by atoms with Gasteiger partial charge in [0.1, 0.15) is 13.2 Å². The van der Waals surface area contributed by atoms with Crippen molar-refractivity contribution >= 4 is 18.0 Å². The summed E-state index contributed by atoms with van der Waals surface area (Å²) in [5.41, 5.74) is 4.66. The van der Waals surface area contributed by atoms with Crippen molar-refractivity contribution in [2.45, 2.75) is 32.2 Å². The summed E-state index contributed by atoms with van der Waals surface area (Å²) >= 11 is 0. The zero-order chi connectivity index (χ0) is 22.8. The number of benzene rings is 2. The van der Waals surface area contributed by atoms with Gasteiger partial charge in [0.25, 0.3) is 0 Å². The van der Waals surface area contributed by atoms with Gasteiger partial charge in [0, 0.05) is 24.4 Å². The maximum Gasteiger partial charge on any atom is 0.407 e. The van der Waals surface area contributed by atoms with Crippen molar-refractivity contribution in [1.29, 1.82) is 0 Å². The third kappa shape index (κ3) is 4.47. The third-order valence-corrected chi connectivity index (χ3v) is 6.30. The summed E-state index contributed by atoms with van der Waals surface area (Å²) in [7, 11) is 0. The minimum atomic E-state index is -1.03.